The largest absolute Gasteiger partial charge is 0.228 e. The lowest BCUT2D eigenvalue weighted by Gasteiger charge is -2.11. The molecule has 2 heterocycles. The molecule has 0 unspecified atom stereocenters. The van der Waals surface area contributed by atoms with Crippen molar-refractivity contribution in [2.24, 2.45) is 0 Å². The minimum absolute atomic E-state index is 0.0111. The average Bonchev–Trinajstić information content (AvgIpc) is 3.23. The number of aromatic nitrogens is 5. The summed E-state index contributed by atoms with van der Waals surface area (Å²) in [7, 11) is 0. The fourth-order valence-corrected chi connectivity index (χ4v) is 5.12. The van der Waals surface area contributed by atoms with Crippen LogP contribution >= 0.6 is 0 Å². The van der Waals surface area contributed by atoms with E-state index in [9.17, 15) is 0 Å². The van der Waals surface area contributed by atoms with Crippen LogP contribution in [0.2, 0.25) is 0 Å². The molecule has 0 aliphatic carbocycles. The Morgan fingerprint density at radius 2 is 0.870 bits per heavy atom. The summed E-state index contributed by atoms with van der Waals surface area (Å²) in [5, 5.41) is 0.904. The van der Waals surface area contributed by atoms with Gasteiger partial charge < -0.3 is 0 Å². The Bertz CT molecular complexity index is 2720. The van der Waals surface area contributed by atoms with E-state index in [0.29, 0.717) is 11.4 Å². The Morgan fingerprint density at radius 1 is 0.348 bits per heavy atom. The molecule has 5 nitrogen and oxygen atoms in total. The molecule has 46 heavy (non-hydrogen) atoms. The maximum absolute atomic E-state index is 8.59. The average molecular weight is 600 g/mol. The third kappa shape index (κ3) is 5.42. The first-order valence-electron chi connectivity index (χ1n) is 19.4. The van der Waals surface area contributed by atoms with E-state index in [2.05, 4.69) is 15.0 Å². The van der Waals surface area contributed by atoms with E-state index in [1.54, 1.807) is 18.2 Å². The Hall–Kier alpha value is -6.33. The van der Waals surface area contributed by atoms with E-state index in [-0.39, 0.29) is 28.6 Å². The smallest absolute Gasteiger partial charge is 0.164 e. The zero-order valence-electron chi connectivity index (χ0n) is 34.1. The van der Waals surface area contributed by atoms with Crippen LogP contribution in [0, 0.1) is 0 Å². The number of para-hydroxylation sites is 1. The fourth-order valence-electron chi connectivity index (χ4n) is 5.12. The lowest BCUT2D eigenvalue weighted by molar-refractivity contribution is 1.07. The fraction of sp³-hybridized carbons (Fsp3) is 0. The van der Waals surface area contributed by atoms with Crippen LogP contribution in [0.25, 0.3) is 78.8 Å². The van der Waals surface area contributed by atoms with Gasteiger partial charge in [-0.2, -0.15) is 0 Å². The minimum atomic E-state index is -0.607. The molecule has 0 aliphatic heterocycles. The summed E-state index contributed by atoms with van der Waals surface area (Å²) in [5.74, 6) is -0.0478. The molecule has 0 saturated carbocycles. The molecule has 0 spiro atoms. The molecule has 0 saturated heterocycles. The van der Waals surface area contributed by atoms with Crippen LogP contribution in [0.3, 0.4) is 0 Å². The van der Waals surface area contributed by atoms with Crippen molar-refractivity contribution in [3.8, 4) is 67.9 Å². The molecule has 6 aromatic carbocycles. The number of hydrogen-bond donors (Lipinski definition) is 0. The molecule has 8 aromatic rings. The first kappa shape index (κ1) is 18.5. The Kier molecular flexibility index (Phi) is 4.81. The van der Waals surface area contributed by atoms with E-state index in [1.165, 1.54) is 0 Å². The predicted molar refractivity (Wildman–Crippen MR) is 186 cm³/mol. The number of rotatable bonds is 6. The van der Waals surface area contributed by atoms with E-state index in [0.717, 1.165) is 38.9 Å². The molecule has 0 fully saturated rings. The predicted octanol–water partition coefficient (Wildman–Crippen LogP) is 9.82. The lowest BCUT2D eigenvalue weighted by Crippen LogP contribution is -2.00. The van der Waals surface area contributed by atoms with Gasteiger partial charge in [-0.1, -0.05) is 151 Å². The van der Waals surface area contributed by atoms with Crippen molar-refractivity contribution in [3.05, 3.63) is 164 Å². The van der Waals surface area contributed by atoms with Gasteiger partial charge in [0.25, 0.3) is 0 Å². The third-order valence-electron chi connectivity index (χ3n) is 7.33. The van der Waals surface area contributed by atoms with Crippen LogP contribution in [0.5, 0.6) is 0 Å². The van der Waals surface area contributed by atoms with Gasteiger partial charge in [-0.25, -0.2) is 24.9 Å². The lowest BCUT2D eigenvalue weighted by atomic mass is 9.99. The van der Waals surface area contributed by atoms with Gasteiger partial charge in [-0.3, -0.25) is 0 Å². The summed E-state index contributed by atoms with van der Waals surface area (Å²) in [6.07, 6.45) is 0. The first-order chi connectivity index (χ1) is 26.9. The van der Waals surface area contributed by atoms with Crippen LogP contribution in [-0.4, -0.2) is 24.9 Å². The second-order valence-electron chi connectivity index (χ2n) is 10.2. The van der Waals surface area contributed by atoms with Gasteiger partial charge in [0.1, 0.15) is 0 Å². The van der Waals surface area contributed by atoms with Gasteiger partial charge in [0.05, 0.1) is 24.9 Å². The van der Waals surface area contributed by atoms with E-state index in [4.69, 9.17) is 23.7 Å². The SMILES string of the molecule is [2H]c1c([2H])c([2H])c(-c2nc(-c3cccc(-c4ccc(-c5nc(-c6ccccc6)nc6ccccc56)cc4)c3)nc(-c3c([2H])c([2H])c([2H])c([2H])c3[2H])n2)c([2H])c1[2H]. The highest BCUT2D eigenvalue weighted by molar-refractivity contribution is 5.94. The third-order valence-corrected chi connectivity index (χ3v) is 7.33. The monoisotopic (exact) mass is 599 g/mol. The van der Waals surface area contributed by atoms with Crippen LogP contribution in [0.1, 0.15) is 13.7 Å². The summed E-state index contributed by atoms with van der Waals surface area (Å²) >= 11 is 0. The topological polar surface area (TPSA) is 64.5 Å². The first-order valence-corrected chi connectivity index (χ1v) is 14.4. The molecule has 8 rings (SSSR count). The number of fused-ring (bicyclic) bond motifs is 1. The van der Waals surface area contributed by atoms with Crippen LogP contribution in [-0.2, 0) is 0 Å². The number of benzene rings is 6. The second kappa shape index (κ2) is 12.0. The van der Waals surface area contributed by atoms with Crippen molar-refractivity contribution in [1.29, 1.82) is 0 Å². The van der Waals surface area contributed by atoms with E-state index < -0.39 is 60.4 Å². The van der Waals surface area contributed by atoms with Gasteiger partial charge in [0.15, 0.2) is 23.3 Å². The van der Waals surface area contributed by atoms with Crippen molar-refractivity contribution in [2.75, 3.05) is 0 Å². The summed E-state index contributed by atoms with van der Waals surface area (Å²) in [6, 6.07) is 26.7. The summed E-state index contributed by atoms with van der Waals surface area (Å²) in [5.41, 5.74) is 4.76. The van der Waals surface area contributed by atoms with Crippen molar-refractivity contribution >= 4 is 10.9 Å². The van der Waals surface area contributed by atoms with Crippen LogP contribution < -0.4 is 0 Å². The van der Waals surface area contributed by atoms with Crippen molar-refractivity contribution in [2.45, 2.75) is 0 Å². The second-order valence-corrected chi connectivity index (χ2v) is 10.2. The maximum Gasteiger partial charge on any atom is 0.164 e. The summed E-state index contributed by atoms with van der Waals surface area (Å²) < 4.78 is 83.4. The highest BCUT2D eigenvalue weighted by Gasteiger charge is 2.14. The zero-order chi connectivity index (χ0) is 39.4. The standard InChI is InChI=1S/C41H27N5/c1-4-13-30(14-5-1)38-42-36-22-11-10-21-35(36)37(43-38)29-25-23-28(24-26-29)33-19-12-20-34(27-33)41-45-39(31-15-6-2-7-16-31)44-40(46-41)32-17-8-3-9-18-32/h1-27H/i2D,3D,6D,7D,8D,9D,15D,16D,17D,18D. The molecule has 5 heteroatoms. The highest BCUT2D eigenvalue weighted by atomic mass is 15.0. The Balaban J connectivity index is 1.26. The maximum atomic E-state index is 8.59. The van der Waals surface area contributed by atoms with Crippen LogP contribution in [0.4, 0.5) is 0 Å². The Morgan fingerprint density at radius 3 is 1.54 bits per heavy atom. The zero-order valence-corrected chi connectivity index (χ0v) is 24.1. The molecular weight excluding hydrogens is 562 g/mol. The quantitative estimate of drug-likeness (QED) is 0.190. The van der Waals surface area contributed by atoms with E-state index >= 15 is 0 Å². The van der Waals surface area contributed by atoms with E-state index in [1.807, 2.05) is 84.9 Å². The van der Waals surface area contributed by atoms with Gasteiger partial charge in [0, 0.05) is 33.2 Å². The normalized spacial score (nSPS) is 14.1. The van der Waals surface area contributed by atoms with Gasteiger partial charge >= 0.3 is 0 Å². The van der Waals surface area contributed by atoms with Gasteiger partial charge in [-0.05, 0) is 23.3 Å². The summed E-state index contributed by atoms with van der Waals surface area (Å²) in [6.45, 7) is 0. The van der Waals surface area contributed by atoms with Crippen LogP contribution in [0.15, 0.2) is 164 Å². The molecule has 0 aliphatic rings. The molecule has 0 N–H and O–H groups in total. The van der Waals surface area contributed by atoms with Gasteiger partial charge in [-0.15, -0.1) is 0 Å². The number of nitrogens with zero attached hydrogens (tertiary/aromatic N) is 5. The van der Waals surface area contributed by atoms with Crippen molar-refractivity contribution in [3.63, 3.8) is 0 Å². The molecular formula is C41H27N5. The van der Waals surface area contributed by atoms with Crippen molar-refractivity contribution in [1.82, 2.24) is 24.9 Å². The molecule has 216 valence electrons. The molecule has 0 amide bonds. The van der Waals surface area contributed by atoms with Gasteiger partial charge in [0.2, 0.25) is 0 Å². The molecule has 0 radical (unpaired) electrons. The highest BCUT2D eigenvalue weighted by Crippen LogP contribution is 2.32. The number of hydrogen-bond acceptors (Lipinski definition) is 5. The molecule has 0 atom stereocenters. The molecule has 0 bridgehead atoms. The molecule has 2 aromatic heterocycles. The minimum Gasteiger partial charge on any atom is -0.228 e. The van der Waals surface area contributed by atoms with Crippen molar-refractivity contribution < 1.29 is 13.7 Å². The Labute approximate surface area is 281 Å². The summed E-state index contributed by atoms with van der Waals surface area (Å²) in [4.78, 5) is 23.2.